The van der Waals surface area contributed by atoms with Crippen LogP contribution in [-0.2, 0) is 26.2 Å². The third kappa shape index (κ3) is 2.85. The zero-order chi connectivity index (χ0) is 17.8. The number of amides is 1. The average Bonchev–Trinajstić information content (AvgIpc) is 3.05. The molecular weight excluding hydrogens is 364 g/mol. The van der Waals surface area contributed by atoms with E-state index in [-0.39, 0.29) is 5.91 Å². The molecule has 8 heteroatoms. The predicted molar refractivity (Wildman–Crippen MR) is 96.6 cm³/mol. The minimum Gasteiger partial charge on any atom is -0.487 e. The maximum Gasteiger partial charge on any atom is 0.260 e. The summed E-state index contributed by atoms with van der Waals surface area (Å²) in [4.78, 5) is 12.4. The Bertz CT molecular complexity index is 1060. The van der Waals surface area contributed by atoms with E-state index in [4.69, 9.17) is 16.3 Å². The van der Waals surface area contributed by atoms with Gasteiger partial charge in [-0.1, -0.05) is 17.7 Å². The second kappa shape index (κ2) is 5.50. The summed E-state index contributed by atoms with van der Waals surface area (Å²) in [5.41, 5.74) is 3.71. The third-order valence-electron chi connectivity index (χ3n) is 3.98. The van der Waals surface area contributed by atoms with Gasteiger partial charge in [0.05, 0.1) is 11.8 Å². The summed E-state index contributed by atoms with van der Waals surface area (Å²) in [6.45, 7) is 0.316. The molecule has 128 valence electrons. The molecule has 0 aliphatic carbocycles. The Morgan fingerprint density at radius 2 is 1.96 bits per heavy atom. The molecule has 0 fully saturated rings. The SMILES string of the molecule is CS(=O)(=O)Nc1ccc2c(c1)/C(=C1/C(=O)Nc3ccc(Cl)cc31)OC2. The lowest BCUT2D eigenvalue weighted by molar-refractivity contribution is -0.110. The highest BCUT2D eigenvalue weighted by molar-refractivity contribution is 7.92. The summed E-state index contributed by atoms with van der Waals surface area (Å²) >= 11 is 6.06. The zero-order valence-electron chi connectivity index (χ0n) is 13.1. The molecule has 0 unspecified atom stereocenters. The normalized spacial score (nSPS) is 18.4. The van der Waals surface area contributed by atoms with Gasteiger partial charge in [0.25, 0.3) is 5.91 Å². The fourth-order valence-corrected chi connectivity index (χ4v) is 3.72. The van der Waals surface area contributed by atoms with Crippen molar-refractivity contribution in [1.29, 1.82) is 0 Å². The molecule has 2 aromatic rings. The largest absolute Gasteiger partial charge is 0.487 e. The summed E-state index contributed by atoms with van der Waals surface area (Å²) < 4.78 is 31.1. The van der Waals surface area contributed by atoms with Crippen LogP contribution >= 0.6 is 11.6 Å². The van der Waals surface area contributed by atoms with E-state index in [2.05, 4.69) is 10.0 Å². The highest BCUT2D eigenvalue weighted by Gasteiger charge is 2.32. The second-order valence-corrected chi connectivity index (χ2v) is 8.07. The Kier molecular flexibility index (Phi) is 3.52. The van der Waals surface area contributed by atoms with E-state index in [0.29, 0.717) is 45.5 Å². The van der Waals surface area contributed by atoms with Gasteiger partial charge in [0.2, 0.25) is 10.0 Å². The Morgan fingerprint density at radius 3 is 2.72 bits per heavy atom. The number of fused-ring (bicyclic) bond motifs is 2. The van der Waals surface area contributed by atoms with Crippen LogP contribution in [0.15, 0.2) is 36.4 Å². The maximum atomic E-state index is 12.4. The number of rotatable bonds is 2. The molecule has 2 aromatic carbocycles. The first kappa shape index (κ1) is 16.0. The fourth-order valence-electron chi connectivity index (χ4n) is 2.99. The number of carbonyl (C=O) groups is 1. The van der Waals surface area contributed by atoms with Crippen molar-refractivity contribution in [1.82, 2.24) is 0 Å². The van der Waals surface area contributed by atoms with Crippen LogP contribution < -0.4 is 10.0 Å². The number of sulfonamides is 1. The first-order valence-electron chi connectivity index (χ1n) is 7.41. The topological polar surface area (TPSA) is 84.5 Å². The van der Waals surface area contributed by atoms with Gasteiger partial charge >= 0.3 is 0 Å². The Morgan fingerprint density at radius 1 is 1.16 bits per heavy atom. The molecule has 4 rings (SSSR count). The summed E-state index contributed by atoms with van der Waals surface area (Å²) in [6, 6.07) is 10.3. The quantitative estimate of drug-likeness (QED) is 0.789. The molecule has 2 heterocycles. The molecule has 0 spiro atoms. The van der Waals surface area contributed by atoms with Gasteiger partial charge in [-0.2, -0.15) is 0 Å². The Hall–Kier alpha value is -2.51. The van der Waals surface area contributed by atoms with Crippen molar-refractivity contribution in [3.8, 4) is 0 Å². The Balaban J connectivity index is 1.88. The first-order valence-corrected chi connectivity index (χ1v) is 9.68. The molecular formula is C17H13ClN2O4S. The first-order chi connectivity index (χ1) is 11.8. The fraction of sp³-hybridized carbons (Fsp3) is 0.118. The number of benzene rings is 2. The van der Waals surface area contributed by atoms with Gasteiger partial charge in [0, 0.05) is 33.1 Å². The third-order valence-corrected chi connectivity index (χ3v) is 4.82. The van der Waals surface area contributed by atoms with Gasteiger partial charge < -0.3 is 10.1 Å². The molecule has 0 radical (unpaired) electrons. The van der Waals surface area contributed by atoms with Crippen LogP contribution in [0.2, 0.25) is 5.02 Å². The van der Waals surface area contributed by atoms with Gasteiger partial charge in [0.15, 0.2) is 0 Å². The van der Waals surface area contributed by atoms with Crippen LogP contribution in [0.1, 0.15) is 16.7 Å². The molecule has 2 N–H and O–H groups in total. The molecule has 0 bridgehead atoms. The summed E-state index contributed by atoms with van der Waals surface area (Å²) in [5, 5.41) is 3.30. The molecule has 0 saturated carbocycles. The number of ether oxygens (including phenoxy) is 1. The molecule has 0 atom stereocenters. The van der Waals surface area contributed by atoms with Gasteiger partial charge in [-0.15, -0.1) is 0 Å². The molecule has 6 nitrogen and oxygen atoms in total. The number of hydrogen-bond donors (Lipinski definition) is 2. The van der Waals surface area contributed by atoms with Gasteiger partial charge in [-0.25, -0.2) is 8.42 Å². The summed E-state index contributed by atoms with van der Waals surface area (Å²) in [5.74, 6) is 0.146. The van der Waals surface area contributed by atoms with Crippen molar-refractivity contribution in [3.05, 3.63) is 58.1 Å². The van der Waals surface area contributed by atoms with Crippen molar-refractivity contribution in [3.63, 3.8) is 0 Å². The van der Waals surface area contributed by atoms with Crippen molar-refractivity contribution in [2.45, 2.75) is 6.61 Å². The van der Waals surface area contributed by atoms with Crippen molar-refractivity contribution < 1.29 is 17.9 Å². The highest BCUT2D eigenvalue weighted by Crippen LogP contribution is 2.42. The lowest BCUT2D eigenvalue weighted by atomic mass is 10.0. The van der Waals surface area contributed by atoms with Crippen LogP contribution in [-0.4, -0.2) is 20.6 Å². The van der Waals surface area contributed by atoms with Crippen molar-refractivity contribution in [2.75, 3.05) is 16.3 Å². The van der Waals surface area contributed by atoms with Crippen LogP contribution in [0, 0.1) is 0 Å². The molecule has 2 aliphatic rings. The van der Waals surface area contributed by atoms with E-state index >= 15 is 0 Å². The molecule has 0 aromatic heterocycles. The number of halogens is 1. The monoisotopic (exact) mass is 376 g/mol. The van der Waals surface area contributed by atoms with Crippen LogP contribution in [0.4, 0.5) is 11.4 Å². The zero-order valence-corrected chi connectivity index (χ0v) is 14.7. The second-order valence-electron chi connectivity index (χ2n) is 5.88. The van der Waals surface area contributed by atoms with Gasteiger partial charge in [0.1, 0.15) is 12.4 Å². The van der Waals surface area contributed by atoms with Gasteiger partial charge in [-0.3, -0.25) is 9.52 Å². The lowest BCUT2D eigenvalue weighted by Gasteiger charge is -2.08. The minimum atomic E-state index is -3.40. The van der Waals surface area contributed by atoms with Crippen molar-refractivity contribution >= 4 is 50.2 Å². The van der Waals surface area contributed by atoms with E-state index in [1.54, 1.807) is 36.4 Å². The van der Waals surface area contributed by atoms with Crippen LogP contribution in [0.25, 0.3) is 11.3 Å². The number of anilines is 2. The molecule has 2 aliphatic heterocycles. The van der Waals surface area contributed by atoms with E-state index in [1.807, 2.05) is 0 Å². The summed E-state index contributed by atoms with van der Waals surface area (Å²) in [7, 11) is -3.40. The van der Waals surface area contributed by atoms with Gasteiger partial charge in [-0.05, 0) is 30.3 Å². The van der Waals surface area contributed by atoms with E-state index < -0.39 is 10.0 Å². The predicted octanol–water partition coefficient (Wildman–Crippen LogP) is 3.06. The number of hydrogen-bond acceptors (Lipinski definition) is 4. The number of carbonyl (C=O) groups excluding carboxylic acids is 1. The molecule has 1 amide bonds. The Labute approximate surface area is 149 Å². The van der Waals surface area contributed by atoms with E-state index in [1.165, 1.54) is 0 Å². The summed E-state index contributed by atoms with van der Waals surface area (Å²) in [6.07, 6.45) is 1.08. The van der Waals surface area contributed by atoms with Crippen LogP contribution in [0.3, 0.4) is 0 Å². The highest BCUT2D eigenvalue weighted by atomic mass is 35.5. The molecule has 0 saturated heterocycles. The molecule has 25 heavy (non-hydrogen) atoms. The van der Waals surface area contributed by atoms with Crippen LogP contribution in [0.5, 0.6) is 0 Å². The minimum absolute atomic E-state index is 0.276. The standard InChI is InChI=1S/C17H13ClN2O4S/c1-25(22,23)20-11-4-2-9-8-24-16(12(9)7-11)15-13-6-10(18)3-5-14(13)19-17(15)21/h2-7,20H,8H2,1H3,(H,19,21)/b16-15-. The van der Waals surface area contributed by atoms with Crippen molar-refractivity contribution in [2.24, 2.45) is 0 Å². The van der Waals surface area contributed by atoms with E-state index in [9.17, 15) is 13.2 Å². The smallest absolute Gasteiger partial charge is 0.260 e. The maximum absolute atomic E-state index is 12.4. The van der Waals surface area contributed by atoms with E-state index in [0.717, 1.165) is 11.8 Å². The number of nitrogens with one attached hydrogen (secondary N) is 2. The lowest BCUT2D eigenvalue weighted by Crippen LogP contribution is -2.10. The average molecular weight is 377 g/mol.